The van der Waals surface area contributed by atoms with Crippen molar-refractivity contribution in [1.82, 2.24) is 15.1 Å². The summed E-state index contributed by atoms with van der Waals surface area (Å²) in [5.41, 5.74) is 1.83. The number of hydrogen-bond donors (Lipinski definition) is 2. The minimum Gasteiger partial charge on any atom is -0.508 e. The van der Waals surface area contributed by atoms with Crippen molar-refractivity contribution in [2.75, 3.05) is 0 Å². The van der Waals surface area contributed by atoms with E-state index in [1.807, 2.05) is 6.07 Å². The molecule has 0 bridgehead atoms. The molecule has 0 amide bonds. The van der Waals surface area contributed by atoms with Crippen LogP contribution in [0.3, 0.4) is 0 Å². The van der Waals surface area contributed by atoms with Gasteiger partial charge in [0.05, 0.1) is 5.56 Å². The van der Waals surface area contributed by atoms with E-state index in [-0.39, 0.29) is 5.75 Å². The number of aromatic hydroxyl groups is 1. The third-order valence-corrected chi connectivity index (χ3v) is 2.59. The summed E-state index contributed by atoms with van der Waals surface area (Å²) in [6.45, 7) is 0. The van der Waals surface area contributed by atoms with Crippen molar-refractivity contribution >= 4 is 0 Å². The maximum Gasteiger partial charge on any atom is 0.274 e. The molecular formula is C13H8N4O2. The monoisotopic (exact) mass is 252 g/mol. The number of hydrogen-bond acceptors (Lipinski definition) is 5. The molecule has 2 heterocycles. The Morgan fingerprint density at radius 3 is 2.74 bits per heavy atom. The number of nitriles is 1. The zero-order chi connectivity index (χ0) is 13.2. The Morgan fingerprint density at radius 1 is 1.26 bits per heavy atom. The zero-order valence-electron chi connectivity index (χ0n) is 9.66. The standard InChI is InChI=1S/C13H8N4O2/c14-6-8-5-11(15-7-8)13-16-12(17-19-13)9-1-3-10(18)4-2-9/h1-5,7,15,18H. The maximum atomic E-state index is 9.22. The number of phenols is 1. The van der Waals surface area contributed by atoms with Gasteiger partial charge in [-0.05, 0) is 30.3 Å². The first-order valence-electron chi connectivity index (χ1n) is 5.48. The Hall–Kier alpha value is -3.07. The maximum absolute atomic E-state index is 9.22. The van der Waals surface area contributed by atoms with E-state index in [1.54, 1.807) is 36.5 Å². The van der Waals surface area contributed by atoms with E-state index in [0.29, 0.717) is 23.0 Å². The number of phenolic OH excluding ortho intramolecular Hbond substituents is 1. The molecule has 0 fully saturated rings. The quantitative estimate of drug-likeness (QED) is 0.729. The van der Waals surface area contributed by atoms with Gasteiger partial charge in [0, 0.05) is 11.8 Å². The second kappa shape index (κ2) is 4.31. The molecule has 0 aliphatic heterocycles. The normalized spacial score (nSPS) is 10.3. The van der Waals surface area contributed by atoms with Crippen LogP contribution in [0.5, 0.6) is 5.75 Å². The Balaban J connectivity index is 1.95. The van der Waals surface area contributed by atoms with Gasteiger partial charge in [0.2, 0.25) is 5.82 Å². The van der Waals surface area contributed by atoms with Crippen molar-refractivity contribution < 1.29 is 9.63 Å². The number of benzene rings is 1. The van der Waals surface area contributed by atoms with Gasteiger partial charge in [0.25, 0.3) is 5.89 Å². The average Bonchev–Trinajstić information content (AvgIpc) is 3.08. The fourth-order valence-electron chi connectivity index (χ4n) is 1.64. The van der Waals surface area contributed by atoms with Gasteiger partial charge in [-0.15, -0.1) is 0 Å². The van der Waals surface area contributed by atoms with E-state index >= 15 is 0 Å². The highest BCUT2D eigenvalue weighted by atomic mass is 16.5. The van der Waals surface area contributed by atoms with Crippen LogP contribution in [0.1, 0.15) is 5.56 Å². The molecule has 2 N–H and O–H groups in total. The van der Waals surface area contributed by atoms with Crippen LogP contribution in [0.2, 0.25) is 0 Å². The minimum absolute atomic E-state index is 0.176. The average molecular weight is 252 g/mol. The van der Waals surface area contributed by atoms with Gasteiger partial charge in [-0.2, -0.15) is 10.2 Å². The van der Waals surface area contributed by atoms with Crippen LogP contribution in [-0.4, -0.2) is 20.2 Å². The number of aromatic amines is 1. The lowest BCUT2D eigenvalue weighted by molar-refractivity contribution is 0.431. The Morgan fingerprint density at radius 2 is 2.05 bits per heavy atom. The van der Waals surface area contributed by atoms with Crippen LogP contribution in [0.4, 0.5) is 0 Å². The lowest BCUT2D eigenvalue weighted by Crippen LogP contribution is -1.80. The highest BCUT2D eigenvalue weighted by molar-refractivity contribution is 5.59. The summed E-state index contributed by atoms with van der Waals surface area (Å²) in [6, 6.07) is 10.1. The molecule has 0 aliphatic rings. The predicted molar refractivity (Wildman–Crippen MR) is 65.9 cm³/mol. The van der Waals surface area contributed by atoms with Crippen molar-refractivity contribution in [1.29, 1.82) is 5.26 Å². The van der Waals surface area contributed by atoms with Crippen molar-refractivity contribution in [3.8, 4) is 34.8 Å². The Labute approximate surface area is 107 Å². The van der Waals surface area contributed by atoms with Crippen LogP contribution in [0.25, 0.3) is 23.0 Å². The second-order valence-electron chi connectivity index (χ2n) is 3.88. The van der Waals surface area contributed by atoms with E-state index in [0.717, 1.165) is 5.56 Å². The molecule has 0 saturated carbocycles. The Bertz CT molecular complexity index is 750. The van der Waals surface area contributed by atoms with E-state index in [4.69, 9.17) is 9.78 Å². The number of H-pyrrole nitrogens is 1. The first kappa shape index (κ1) is 11.0. The van der Waals surface area contributed by atoms with Crippen LogP contribution >= 0.6 is 0 Å². The molecule has 6 heteroatoms. The third-order valence-electron chi connectivity index (χ3n) is 2.59. The predicted octanol–water partition coefficient (Wildman–Crippen LogP) is 2.31. The van der Waals surface area contributed by atoms with Crippen molar-refractivity contribution in [2.24, 2.45) is 0 Å². The molecule has 6 nitrogen and oxygen atoms in total. The smallest absolute Gasteiger partial charge is 0.274 e. The van der Waals surface area contributed by atoms with Crippen LogP contribution in [0.15, 0.2) is 41.1 Å². The highest BCUT2D eigenvalue weighted by Crippen LogP contribution is 2.23. The molecule has 3 rings (SSSR count). The summed E-state index contributed by atoms with van der Waals surface area (Å²) in [7, 11) is 0. The van der Waals surface area contributed by atoms with Gasteiger partial charge in [-0.25, -0.2) is 0 Å². The van der Waals surface area contributed by atoms with Crippen molar-refractivity contribution in [3.05, 3.63) is 42.1 Å². The summed E-state index contributed by atoms with van der Waals surface area (Å²) < 4.78 is 5.13. The molecule has 0 radical (unpaired) electrons. The molecule has 0 spiro atoms. The summed E-state index contributed by atoms with van der Waals surface area (Å²) in [4.78, 5) is 7.12. The highest BCUT2D eigenvalue weighted by Gasteiger charge is 2.12. The van der Waals surface area contributed by atoms with E-state index in [9.17, 15) is 5.11 Å². The molecule has 0 atom stereocenters. The fraction of sp³-hybridized carbons (Fsp3) is 0. The number of nitrogens with one attached hydrogen (secondary N) is 1. The molecular weight excluding hydrogens is 244 g/mol. The molecule has 0 saturated heterocycles. The second-order valence-corrected chi connectivity index (χ2v) is 3.88. The van der Waals surface area contributed by atoms with Gasteiger partial charge in [-0.3, -0.25) is 0 Å². The third kappa shape index (κ3) is 2.05. The molecule has 19 heavy (non-hydrogen) atoms. The molecule has 1 aromatic carbocycles. The van der Waals surface area contributed by atoms with E-state index in [1.165, 1.54) is 0 Å². The van der Waals surface area contributed by atoms with Crippen LogP contribution < -0.4 is 0 Å². The lowest BCUT2D eigenvalue weighted by atomic mass is 10.2. The van der Waals surface area contributed by atoms with Gasteiger partial charge >= 0.3 is 0 Å². The summed E-state index contributed by atoms with van der Waals surface area (Å²) in [5.74, 6) is 0.906. The summed E-state index contributed by atoms with van der Waals surface area (Å²) >= 11 is 0. The summed E-state index contributed by atoms with van der Waals surface area (Å²) in [6.07, 6.45) is 1.57. The van der Waals surface area contributed by atoms with Gasteiger partial charge in [0.1, 0.15) is 17.5 Å². The largest absolute Gasteiger partial charge is 0.508 e. The van der Waals surface area contributed by atoms with Crippen LogP contribution in [0, 0.1) is 11.3 Å². The van der Waals surface area contributed by atoms with Crippen molar-refractivity contribution in [2.45, 2.75) is 0 Å². The number of aromatic nitrogens is 3. The first-order chi connectivity index (χ1) is 9.26. The molecule has 3 aromatic rings. The zero-order valence-corrected chi connectivity index (χ0v) is 9.66. The summed E-state index contributed by atoms with van der Waals surface area (Å²) in [5, 5.41) is 21.8. The van der Waals surface area contributed by atoms with E-state index < -0.39 is 0 Å². The van der Waals surface area contributed by atoms with Gasteiger partial charge in [-0.1, -0.05) is 5.16 Å². The Kier molecular flexibility index (Phi) is 2.50. The molecule has 92 valence electrons. The van der Waals surface area contributed by atoms with E-state index in [2.05, 4.69) is 15.1 Å². The molecule has 2 aromatic heterocycles. The van der Waals surface area contributed by atoms with Gasteiger partial charge in [0.15, 0.2) is 0 Å². The molecule has 0 unspecified atom stereocenters. The minimum atomic E-state index is 0.176. The number of nitrogens with zero attached hydrogens (tertiary/aromatic N) is 3. The topological polar surface area (TPSA) is 98.7 Å². The van der Waals surface area contributed by atoms with Crippen molar-refractivity contribution in [3.63, 3.8) is 0 Å². The SMILES string of the molecule is N#Cc1c[nH]c(-c2nc(-c3ccc(O)cc3)no2)c1. The lowest BCUT2D eigenvalue weighted by Gasteiger charge is -1.93. The molecule has 0 aliphatic carbocycles. The fourth-order valence-corrected chi connectivity index (χ4v) is 1.64. The van der Waals surface area contributed by atoms with Crippen LogP contribution in [-0.2, 0) is 0 Å². The first-order valence-corrected chi connectivity index (χ1v) is 5.48. The number of rotatable bonds is 2. The van der Waals surface area contributed by atoms with Gasteiger partial charge < -0.3 is 14.6 Å².